The van der Waals surface area contributed by atoms with Crippen LogP contribution in [0.5, 0.6) is 0 Å². The summed E-state index contributed by atoms with van der Waals surface area (Å²) in [6.45, 7) is 2.05. The number of H-pyrrole nitrogens is 1. The van der Waals surface area contributed by atoms with E-state index in [9.17, 15) is 0 Å². The van der Waals surface area contributed by atoms with E-state index in [1.165, 1.54) is 0 Å². The minimum Gasteiger partial charge on any atom is -0.382 e. The van der Waals surface area contributed by atoms with E-state index in [0.717, 1.165) is 30.1 Å². The van der Waals surface area contributed by atoms with Gasteiger partial charge >= 0.3 is 0 Å². The number of nitrogens with zero attached hydrogens (tertiary/aromatic N) is 2. The van der Waals surface area contributed by atoms with Crippen molar-refractivity contribution in [1.29, 1.82) is 0 Å². The molecule has 0 bridgehead atoms. The Kier molecular flexibility index (Phi) is 3.88. The number of nitrogens with one attached hydrogen (secondary N) is 1. The molecule has 0 aliphatic rings. The quantitative estimate of drug-likeness (QED) is 0.859. The van der Waals surface area contributed by atoms with Crippen molar-refractivity contribution >= 4 is 0 Å². The molecule has 0 fully saturated rings. The lowest BCUT2D eigenvalue weighted by Gasteiger charge is -2.06. The van der Waals surface area contributed by atoms with Crippen LogP contribution in [-0.2, 0) is 11.2 Å². The van der Waals surface area contributed by atoms with Gasteiger partial charge in [-0.2, -0.15) is 5.10 Å². The molecule has 1 unspecified atom stereocenters. The van der Waals surface area contributed by atoms with Gasteiger partial charge in [-0.25, -0.2) is 4.98 Å². The maximum absolute atomic E-state index is 5.20. The molecule has 1 aromatic heterocycles. The van der Waals surface area contributed by atoms with Crippen LogP contribution < -0.4 is 0 Å². The van der Waals surface area contributed by atoms with E-state index in [0.29, 0.717) is 0 Å². The van der Waals surface area contributed by atoms with Gasteiger partial charge in [0.1, 0.15) is 5.82 Å². The minimum absolute atomic E-state index is 0.250. The molecule has 1 aromatic carbocycles. The molecule has 0 saturated carbocycles. The van der Waals surface area contributed by atoms with Crippen LogP contribution in [0.3, 0.4) is 0 Å². The Morgan fingerprint density at radius 3 is 2.76 bits per heavy atom. The number of methoxy groups -OCH3 is 1. The number of aromatic amines is 1. The Labute approximate surface area is 101 Å². The average Bonchev–Trinajstić information content (AvgIpc) is 2.86. The van der Waals surface area contributed by atoms with Crippen LogP contribution in [0, 0.1) is 0 Å². The molecule has 4 nitrogen and oxygen atoms in total. The zero-order valence-electron chi connectivity index (χ0n) is 10.2. The Morgan fingerprint density at radius 2 is 2.06 bits per heavy atom. The number of hydrogen-bond acceptors (Lipinski definition) is 3. The molecule has 1 N–H and O–H groups in total. The van der Waals surface area contributed by atoms with Crippen LogP contribution >= 0.6 is 0 Å². The first-order chi connectivity index (χ1) is 8.29. The fraction of sp³-hybridized carbons (Fsp3) is 0.385. The van der Waals surface area contributed by atoms with E-state index in [2.05, 4.69) is 22.1 Å². The monoisotopic (exact) mass is 231 g/mol. The number of aryl methyl sites for hydroxylation is 1. The van der Waals surface area contributed by atoms with Crippen molar-refractivity contribution in [2.24, 2.45) is 0 Å². The summed E-state index contributed by atoms with van der Waals surface area (Å²) >= 11 is 0. The highest BCUT2D eigenvalue weighted by Crippen LogP contribution is 2.14. The zero-order chi connectivity index (χ0) is 12.1. The summed E-state index contributed by atoms with van der Waals surface area (Å²) in [4.78, 5) is 4.46. The zero-order valence-corrected chi connectivity index (χ0v) is 10.2. The summed E-state index contributed by atoms with van der Waals surface area (Å²) in [6, 6.07) is 9.96. The van der Waals surface area contributed by atoms with Crippen LogP contribution in [-0.4, -0.2) is 28.4 Å². The Hall–Kier alpha value is -1.68. The van der Waals surface area contributed by atoms with E-state index in [1.807, 2.05) is 30.3 Å². The fourth-order valence-electron chi connectivity index (χ4n) is 1.58. The molecule has 2 rings (SSSR count). The largest absolute Gasteiger partial charge is 0.382 e. The molecule has 0 aliphatic heterocycles. The second-order valence-electron chi connectivity index (χ2n) is 4.06. The lowest BCUT2D eigenvalue weighted by atomic mass is 10.2. The van der Waals surface area contributed by atoms with E-state index in [1.54, 1.807) is 7.11 Å². The summed E-state index contributed by atoms with van der Waals surface area (Å²) in [5, 5.41) is 7.18. The maximum Gasteiger partial charge on any atom is 0.181 e. The number of benzene rings is 1. The van der Waals surface area contributed by atoms with Crippen LogP contribution in [0.15, 0.2) is 30.3 Å². The van der Waals surface area contributed by atoms with Crippen LogP contribution in [0.25, 0.3) is 11.4 Å². The van der Waals surface area contributed by atoms with Gasteiger partial charge < -0.3 is 4.74 Å². The molecule has 2 aromatic rings. The topological polar surface area (TPSA) is 50.8 Å². The lowest BCUT2D eigenvalue weighted by Crippen LogP contribution is -2.06. The van der Waals surface area contributed by atoms with Crippen molar-refractivity contribution in [1.82, 2.24) is 15.2 Å². The summed E-state index contributed by atoms with van der Waals surface area (Å²) in [5.41, 5.74) is 1.04. The standard InChI is InChI=1S/C13H17N3O/c1-10(17-2)8-9-12-14-13(16-15-12)11-6-4-3-5-7-11/h3-7,10H,8-9H2,1-2H3,(H,14,15,16). The highest BCUT2D eigenvalue weighted by Gasteiger charge is 2.07. The van der Waals surface area contributed by atoms with Gasteiger partial charge in [-0.3, -0.25) is 5.10 Å². The molecular weight excluding hydrogens is 214 g/mol. The summed E-state index contributed by atoms with van der Waals surface area (Å²) in [5.74, 6) is 1.67. The molecule has 0 amide bonds. The molecular formula is C13H17N3O. The average molecular weight is 231 g/mol. The Morgan fingerprint density at radius 1 is 1.29 bits per heavy atom. The highest BCUT2D eigenvalue weighted by atomic mass is 16.5. The number of hydrogen-bond donors (Lipinski definition) is 1. The summed E-state index contributed by atoms with van der Waals surface area (Å²) < 4.78 is 5.20. The van der Waals surface area contributed by atoms with Gasteiger partial charge in [-0.05, 0) is 13.3 Å². The predicted octanol–water partition coefficient (Wildman–Crippen LogP) is 2.44. The minimum atomic E-state index is 0.250. The molecule has 1 heterocycles. The Bertz CT molecular complexity index is 453. The smallest absolute Gasteiger partial charge is 0.181 e. The van der Waals surface area contributed by atoms with Crippen molar-refractivity contribution in [2.45, 2.75) is 25.9 Å². The van der Waals surface area contributed by atoms with Gasteiger partial charge in [-0.15, -0.1) is 0 Å². The summed E-state index contributed by atoms with van der Waals surface area (Å²) in [6.07, 6.45) is 2.05. The molecule has 0 saturated heterocycles. The molecule has 17 heavy (non-hydrogen) atoms. The molecule has 1 atom stereocenters. The van der Waals surface area contributed by atoms with Gasteiger partial charge in [0, 0.05) is 19.1 Å². The number of rotatable bonds is 5. The first kappa shape index (κ1) is 11.8. The predicted molar refractivity (Wildman–Crippen MR) is 66.6 cm³/mol. The van der Waals surface area contributed by atoms with E-state index < -0.39 is 0 Å². The number of ether oxygens (including phenoxy) is 1. The fourth-order valence-corrected chi connectivity index (χ4v) is 1.58. The van der Waals surface area contributed by atoms with Crippen molar-refractivity contribution < 1.29 is 4.74 Å². The van der Waals surface area contributed by atoms with Crippen LogP contribution in [0.2, 0.25) is 0 Å². The van der Waals surface area contributed by atoms with E-state index >= 15 is 0 Å². The van der Waals surface area contributed by atoms with Crippen molar-refractivity contribution in [3.05, 3.63) is 36.2 Å². The number of aromatic nitrogens is 3. The van der Waals surface area contributed by atoms with Crippen molar-refractivity contribution in [3.8, 4) is 11.4 Å². The third-order valence-corrected chi connectivity index (χ3v) is 2.75. The molecule has 4 heteroatoms. The first-order valence-corrected chi connectivity index (χ1v) is 5.79. The van der Waals surface area contributed by atoms with Gasteiger partial charge in [-0.1, -0.05) is 30.3 Å². The van der Waals surface area contributed by atoms with Gasteiger partial charge in [0.25, 0.3) is 0 Å². The van der Waals surface area contributed by atoms with Crippen molar-refractivity contribution in [3.63, 3.8) is 0 Å². The molecule has 0 aliphatic carbocycles. The molecule has 90 valence electrons. The van der Waals surface area contributed by atoms with Gasteiger partial charge in [0.05, 0.1) is 6.10 Å². The van der Waals surface area contributed by atoms with Gasteiger partial charge in [0.2, 0.25) is 0 Å². The maximum atomic E-state index is 5.20. The lowest BCUT2D eigenvalue weighted by molar-refractivity contribution is 0.111. The SMILES string of the molecule is COC(C)CCc1nc(-c2ccccc2)n[nH]1. The second-order valence-corrected chi connectivity index (χ2v) is 4.06. The highest BCUT2D eigenvalue weighted by molar-refractivity contribution is 5.53. The molecule has 0 radical (unpaired) electrons. The third-order valence-electron chi connectivity index (χ3n) is 2.75. The third kappa shape index (κ3) is 3.14. The van der Waals surface area contributed by atoms with Gasteiger partial charge in [0.15, 0.2) is 5.82 Å². The van der Waals surface area contributed by atoms with E-state index in [4.69, 9.17) is 4.74 Å². The second kappa shape index (κ2) is 5.59. The normalized spacial score (nSPS) is 12.6. The van der Waals surface area contributed by atoms with E-state index in [-0.39, 0.29) is 6.10 Å². The summed E-state index contributed by atoms with van der Waals surface area (Å²) in [7, 11) is 1.72. The van der Waals surface area contributed by atoms with Crippen LogP contribution in [0.4, 0.5) is 0 Å². The molecule has 0 spiro atoms. The first-order valence-electron chi connectivity index (χ1n) is 5.79. The Balaban J connectivity index is 2.01. The van der Waals surface area contributed by atoms with Crippen molar-refractivity contribution in [2.75, 3.05) is 7.11 Å². The van der Waals surface area contributed by atoms with Crippen LogP contribution in [0.1, 0.15) is 19.2 Å².